The molecule has 15 heavy (non-hydrogen) atoms. The lowest BCUT2D eigenvalue weighted by molar-refractivity contribution is 0.174. The van der Waals surface area contributed by atoms with Crippen LogP contribution in [0.5, 0.6) is 11.5 Å². The third kappa shape index (κ3) is 2.39. The number of nitriles is 1. The highest BCUT2D eigenvalue weighted by atomic mass is 16.7. The maximum Gasteiger partial charge on any atom is 0.231 e. The Labute approximate surface area is 88.4 Å². The summed E-state index contributed by atoms with van der Waals surface area (Å²) in [6.45, 7) is 1.77. The first-order chi connectivity index (χ1) is 7.40. The average Bonchev–Trinajstić information content (AvgIpc) is 2.71. The summed E-state index contributed by atoms with van der Waals surface area (Å²) < 4.78 is 10.5. The summed E-state index contributed by atoms with van der Waals surface area (Å²) in [5, 5.41) is 11.5. The fraction of sp³-hybridized carbons (Fsp3) is 0.364. The number of nitrogens with one attached hydrogen (secondary N) is 1. The molecule has 1 aliphatic heterocycles. The van der Waals surface area contributed by atoms with Crippen molar-refractivity contribution in [1.29, 1.82) is 5.26 Å². The Morgan fingerprint density at radius 1 is 1.33 bits per heavy atom. The van der Waals surface area contributed by atoms with Gasteiger partial charge >= 0.3 is 0 Å². The smallest absolute Gasteiger partial charge is 0.231 e. The topological polar surface area (TPSA) is 54.3 Å². The lowest BCUT2D eigenvalue weighted by atomic mass is 10.2. The van der Waals surface area contributed by atoms with Crippen molar-refractivity contribution in [3.63, 3.8) is 0 Å². The Balaban J connectivity index is 1.90. The quantitative estimate of drug-likeness (QED) is 0.753. The Morgan fingerprint density at radius 2 is 2.20 bits per heavy atom. The average molecular weight is 204 g/mol. The zero-order chi connectivity index (χ0) is 10.5. The molecule has 0 aliphatic carbocycles. The SMILES string of the molecule is N#CCCNCc1ccc2c(c1)OCO2. The Morgan fingerprint density at radius 3 is 3.07 bits per heavy atom. The molecule has 78 valence electrons. The molecule has 2 rings (SSSR count). The highest BCUT2D eigenvalue weighted by molar-refractivity contribution is 5.44. The van der Waals surface area contributed by atoms with Crippen molar-refractivity contribution in [1.82, 2.24) is 5.32 Å². The van der Waals surface area contributed by atoms with Crippen LogP contribution in [0.4, 0.5) is 0 Å². The summed E-state index contributed by atoms with van der Waals surface area (Å²) in [5.41, 5.74) is 1.14. The molecule has 4 nitrogen and oxygen atoms in total. The lowest BCUT2D eigenvalue weighted by Gasteiger charge is -2.03. The van der Waals surface area contributed by atoms with Crippen molar-refractivity contribution in [2.24, 2.45) is 0 Å². The number of fused-ring (bicyclic) bond motifs is 1. The van der Waals surface area contributed by atoms with E-state index < -0.39 is 0 Å². The second-order valence-corrected chi connectivity index (χ2v) is 3.27. The molecule has 1 aromatic rings. The van der Waals surface area contributed by atoms with E-state index in [1.54, 1.807) is 0 Å². The summed E-state index contributed by atoms with van der Waals surface area (Å²) in [6.07, 6.45) is 0.532. The fourth-order valence-electron chi connectivity index (χ4n) is 1.43. The van der Waals surface area contributed by atoms with Crippen LogP contribution in [0.2, 0.25) is 0 Å². The summed E-state index contributed by atoms with van der Waals surface area (Å²) in [6, 6.07) is 7.95. The largest absolute Gasteiger partial charge is 0.454 e. The Kier molecular flexibility index (Phi) is 3.05. The highest BCUT2D eigenvalue weighted by Gasteiger charge is 2.12. The van der Waals surface area contributed by atoms with Crippen LogP contribution in [0.3, 0.4) is 0 Å². The van der Waals surface area contributed by atoms with Gasteiger partial charge in [-0.2, -0.15) is 5.26 Å². The zero-order valence-corrected chi connectivity index (χ0v) is 8.32. The molecule has 0 saturated heterocycles. The molecule has 0 amide bonds. The van der Waals surface area contributed by atoms with Gasteiger partial charge in [0.25, 0.3) is 0 Å². The van der Waals surface area contributed by atoms with Crippen molar-refractivity contribution in [2.45, 2.75) is 13.0 Å². The molecule has 1 N–H and O–H groups in total. The van der Waals surface area contributed by atoms with E-state index >= 15 is 0 Å². The van der Waals surface area contributed by atoms with Gasteiger partial charge in [-0.3, -0.25) is 0 Å². The minimum absolute atomic E-state index is 0.306. The van der Waals surface area contributed by atoms with E-state index in [1.165, 1.54) is 0 Å². The molecular formula is C11H12N2O2. The van der Waals surface area contributed by atoms with E-state index in [2.05, 4.69) is 11.4 Å². The molecule has 1 aliphatic rings. The molecule has 0 bridgehead atoms. The van der Waals surface area contributed by atoms with E-state index in [4.69, 9.17) is 14.7 Å². The normalized spacial score (nSPS) is 12.5. The number of nitrogens with zero attached hydrogens (tertiary/aromatic N) is 1. The van der Waals surface area contributed by atoms with Gasteiger partial charge in [-0.05, 0) is 17.7 Å². The number of hydrogen-bond acceptors (Lipinski definition) is 4. The van der Waals surface area contributed by atoms with Crippen molar-refractivity contribution in [2.75, 3.05) is 13.3 Å². The second-order valence-electron chi connectivity index (χ2n) is 3.27. The summed E-state index contributed by atoms with van der Waals surface area (Å²) in [4.78, 5) is 0. The molecule has 0 saturated carbocycles. The number of hydrogen-bond donors (Lipinski definition) is 1. The van der Waals surface area contributed by atoms with E-state index in [9.17, 15) is 0 Å². The number of benzene rings is 1. The predicted octanol–water partition coefficient (Wildman–Crippen LogP) is 1.42. The molecule has 4 heteroatoms. The van der Waals surface area contributed by atoms with Gasteiger partial charge in [0.15, 0.2) is 11.5 Å². The van der Waals surface area contributed by atoms with E-state index in [0.29, 0.717) is 19.8 Å². The van der Waals surface area contributed by atoms with Gasteiger partial charge in [-0.1, -0.05) is 6.07 Å². The van der Waals surface area contributed by atoms with Crippen LogP contribution in [0.15, 0.2) is 18.2 Å². The molecule has 1 heterocycles. The summed E-state index contributed by atoms with van der Waals surface area (Å²) in [5.74, 6) is 1.60. The minimum atomic E-state index is 0.306. The van der Waals surface area contributed by atoms with Crippen molar-refractivity contribution in [3.05, 3.63) is 23.8 Å². The first-order valence-electron chi connectivity index (χ1n) is 4.86. The molecule has 0 unspecified atom stereocenters. The van der Waals surface area contributed by atoms with Gasteiger partial charge in [0.2, 0.25) is 6.79 Å². The van der Waals surface area contributed by atoms with E-state index in [1.807, 2.05) is 18.2 Å². The molecule has 0 aromatic heterocycles. The number of rotatable bonds is 4. The van der Waals surface area contributed by atoms with Crippen LogP contribution in [0.1, 0.15) is 12.0 Å². The van der Waals surface area contributed by atoms with Gasteiger partial charge in [0.1, 0.15) is 0 Å². The Bertz CT molecular complexity index is 385. The zero-order valence-electron chi connectivity index (χ0n) is 8.32. The van der Waals surface area contributed by atoms with Crippen molar-refractivity contribution in [3.8, 4) is 17.6 Å². The lowest BCUT2D eigenvalue weighted by Crippen LogP contribution is -2.13. The van der Waals surface area contributed by atoms with Crippen molar-refractivity contribution >= 4 is 0 Å². The number of ether oxygens (including phenoxy) is 2. The minimum Gasteiger partial charge on any atom is -0.454 e. The monoisotopic (exact) mass is 204 g/mol. The standard InChI is InChI=1S/C11H12N2O2/c12-4-1-5-13-7-9-2-3-10-11(6-9)15-8-14-10/h2-3,6,13H,1,5,7-8H2. The molecule has 0 atom stereocenters. The highest BCUT2D eigenvalue weighted by Crippen LogP contribution is 2.32. The second kappa shape index (κ2) is 4.67. The Hall–Kier alpha value is -1.73. The van der Waals surface area contributed by atoms with Gasteiger partial charge < -0.3 is 14.8 Å². The fourth-order valence-corrected chi connectivity index (χ4v) is 1.43. The third-order valence-electron chi connectivity index (χ3n) is 2.18. The third-order valence-corrected chi connectivity index (χ3v) is 2.18. The first kappa shape index (κ1) is 9.81. The maximum atomic E-state index is 8.36. The van der Waals surface area contributed by atoms with Crippen LogP contribution in [-0.4, -0.2) is 13.3 Å². The van der Waals surface area contributed by atoms with Crippen LogP contribution in [-0.2, 0) is 6.54 Å². The molecular weight excluding hydrogens is 192 g/mol. The molecule has 1 aromatic carbocycles. The van der Waals surface area contributed by atoms with Crippen LogP contribution >= 0.6 is 0 Å². The summed E-state index contributed by atoms with van der Waals surface area (Å²) in [7, 11) is 0. The maximum absolute atomic E-state index is 8.36. The van der Waals surface area contributed by atoms with E-state index in [-0.39, 0.29) is 0 Å². The van der Waals surface area contributed by atoms with Gasteiger partial charge in [0.05, 0.1) is 6.07 Å². The molecule has 0 radical (unpaired) electrons. The van der Waals surface area contributed by atoms with Gasteiger partial charge in [-0.15, -0.1) is 0 Å². The molecule has 0 spiro atoms. The van der Waals surface area contributed by atoms with Crippen molar-refractivity contribution < 1.29 is 9.47 Å². The first-order valence-corrected chi connectivity index (χ1v) is 4.86. The predicted molar refractivity (Wildman–Crippen MR) is 54.5 cm³/mol. The molecule has 0 fully saturated rings. The van der Waals surface area contributed by atoms with Gasteiger partial charge in [-0.25, -0.2) is 0 Å². The van der Waals surface area contributed by atoms with Crippen LogP contribution in [0.25, 0.3) is 0 Å². The van der Waals surface area contributed by atoms with Crippen LogP contribution < -0.4 is 14.8 Å². The van der Waals surface area contributed by atoms with Gasteiger partial charge in [0, 0.05) is 19.5 Å². The van der Waals surface area contributed by atoms with Crippen LogP contribution in [0, 0.1) is 11.3 Å². The summed E-state index contributed by atoms with van der Waals surface area (Å²) >= 11 is 0. The van der Waals surface area contributed by atoms with E-state index in [0.717, 1.165) is 23.6 Å².